The number of hydrogen-bond acceptors (Lipinski definition) is 6. The van der Waals surface area contributed by atoms with E-state index in [4.69, 9.17) is 0 Å². The van der Waals surface area contributed by atoms with Gasteiger partial charge in [0, 0.05) is 24.8 Å². The maximum atomic E-state index is 4.56. The monoisotopic (exact) mass is 520 g/mol. The Morgan fingerprint density at radius 3 is 0.900 bits per heavy atom. The molecular formula is C34H28N6. The molecule has 0 aliphatic heterocycles. The van der Waals surface area contributed by atoms with Crippen molar-refractivity contribution in [2.24, 2.45) is 0 Å². The second kappa shape index (κ2) is 12.0. The smallest absolute Gasteiger partial charge is 0.134 e. The molecule has 0 saturated carbocycles. The first-order valence-corrected chi connectivity index (χ1v) is 13.2. The van der Waals surface area contributed by atoms with Gasteiger partial charge in [-0.2, -0.15) is 0 Å². The van der Waals surface area contributed by atoms with Gasteiger partial charge in [-0.15, -0.1) is 0 Å². The first-order valence-electron chi connectivity index (χ1n) is 13.2. The highest BCUT2D eigenvalue weighted by Crippen LogP contribution is 2.27. The lowest BCUT2D eigenvalue weighted by Gasteiger charge is -2.23. The van der Waals surface area contributed by atoms with Gasteiger partial charge < -0.3 is 9.80 Å². The second-order valence-electron chi connectivity index (χ2n) is 9.32. The molecule has 0 aliphatic carbocycles. The summed E-state index contributed by atoms with van der Waals surface area (Å²) in [6.07, 6.45) is 7.24. The Kier molecular flexibility index (Phi) is 7.49. The van der Waals surface area contributed by atoms with Gasteiger partial charge in [0.15, 0.2) is 0 Å². The molecule has 6 heteroatoms. The zero-order chi connectivity index (χ0) is 27.0. The quantitative estimate of drug-likeness (QED) is 0.196. The minimum absolute atomic E-state index is 0.671. The van der Waals surface area contributed by atoms with Crippen molar-refractivity contribution in [3.63, 3.8) is 0 Å². The van der Waals surface area contributed by atoms with Crippen LogP contribution in [0.25, 0.3) is 11.1 Å². The van der Waals surface area contributed by atoms with Crippen molar-refractivity contribution in [1.29, 1.82) is 0 Å². The number of anilines is 4. The Morgan fingerprint density at radius 1 is 0.350 bits per heavy atom. The largest absolute Gasteiger partial charge is 0.307 e. The van der Waals surface area contributed by atoms with Crippen molar-refractivity contribution in [3.8, 4) is 11.1 Å². The second-order valence-corrected chi connectivity index (χ2v) is 9.32. The Balaban J connectivity index is 1.19. The van der Waals surface area contributed by atoms with Gasteiger partial charge in [-0.05, 0) is 70.8 Å². The van der Waals surface area contributed by atoms with Crippen molar-refractivity contribution < 1.29 is 0 Å². The van der Waals surface area contributed by atoms with Crippen LogP contribution >= 0.6 is 0 Å². The molecule has 0 spiro atoms. The van der Waals surface area contributed by atoms with Crippen molar-refractivity contribution in [3.05, 3.63) is 157 Å². The average Bonchev–Trinajstić information content (AvgIpc) is 3.05. The summed E-state index contributed by atoms with van der Waals surface area (Å²) in [7, 11) is 0. The van der Waals surface area contributed by atoms with E-state index in [9.17, 15) is 0 Å². The highest BCUT2D eigenvalue weighted by molar-refractivity contribution is 5.65. The third-order valence-corrected chi connectivity index (χ3v) is 6.63. The van der Waals surface area contributed by atoms with E-state index in [0.717, 1.165) is 23.3 Å². The fraction of sp³-hybridized carbons (Fsp3) is 0.0588. The number of hydrogen-bond donors (Lipinski definition) is 0. The molecule has 6 nitrogen and oxygen atoms in total. The first kappa shape index (κ1) is 24.9. The lowest BCUT2D eigenvalue weighted by molar-refractivity contribution is 0.922. The summed E-state index contributed by atoms with van der Waals surface area (Å²) in [6.45, 7) is 1.34. The van der Waals surface area contributed by atoms with E-state index in [1.807, 2.05) is 97.6 Å². The van der Waals surface area contributed by atoms with Crippen molar-refractivity contribution in [1.82, 2.24) is 19.9 Å². The van der Waals surface area contributed by atoms with Crippen LogP contribution in [0.1, 0.15) is 11.1 Å². The van der Waals surface area contributed by atoms with Gasteiger partial charge in [0.2, 0.25) is 0 Å². The Hall–Kier alpha value is -5.36. The summed E-state index contributed by atoms with van der Waals surface area (Å²) < 4.78 is 0. The molecule has 0 unspecified atom stereocenters. The van der Waals surface area contributed by atoms with Crippen molar-refractivity contribution in [2.45, 2.75) is 13.1 Å². The minimum atomic E-state index is 0.671. The van der Waals surface area contributed by atoms with Gasteiger partial charge in [0.05, 0.1) is 13.1 Å². The van der Waals surface area contributed by atoms with Crippen molar-refractivity contribution >= 4 is 23.3 Å². The molecule has 6 rings (SSSR count). The Bertz CT molecular complexity index is 1400. The SMILES string of the molecule is c1ccc(N(Cc2ccc(-c3ccc(CN(c4ccccn4)c4ccccn4)cc3)cc2)c2ccccn2)nc1. The van der Waals surface area contributed by atoms with E-state index in [2.05, 4.69) is 78.3 Å². The molecular weight excluding hydrogens is 492 g/mol. The summed E-state index contributed by atoms with van der Waals surface area (Å²) in [5.74, 6) is 3.47. The molecule has 4 aromatic heterocycles. The van der Waals surface area contributed by atoms with Crippen LogP contribution in [0.3, 0.4) is 0 Å². The maximum Gasteiger partial charge on any atom is 0.134 e. The van der Waals surface area contributed by atoms with E-state index < -0.39 is 0 Å². The number of nitrogens with zero attached hydrogens (tertiary/aromatic N) is 6. The summed E-state index contributed by atoms with van der Waals surface area (Å²) in [5.41, 5.74) is 4.70. The molecule has 0 bridgehead atoms. The molecule has 0 radical (unpaired) electrons. The predicted octanol–water partition coefficient (Wildman–Crippen LogP) is 7.61. The van der Waals surface area contributed by atoms with E-state index in [1.165, 1.54) is 22.3 Å². The van der Waals surface area contributed by atoms with E-state index in [-0.39, 0.29) is 0 Å². The van der Waals surface area contributed by atoms with Crippen LogP contribution in [0.5, 0.6) is 0 Å². The fourth-order valence-corrected chi connectivity index (χ4v) is 4.58. The van der Waals surface area contributed by atoms with Crippen molar-refractivity contribution in [2.75, 3.05) is 9.80 Å². The maximum absolute atomic E-state index is 4.56. The van der Waals surface area contributed by atoms with Crippen LogP contribution in [-0.4, -0.2) is 19.9 Å². The van der Waals surface area contributed by atoms with Gasteiger partial charge in [-0.1, -0.05) is 72.8 Å². The van der Waals surface area contributed by atoms with E-state index in [0.29, 0.717) is 13.1 Å². The highest BCUT2D eigenvalue weighted by Gasteiger charge is 2.14. The summed E-state index contributed by atoms with van der Waals surface area (Å²) in [6, 6.07) is 41.1. The molecule has 0 fully saturated rings. The number of benzene rings is 2. The van der Waals surface area contributed by atoms with Crippen LogP contribution < -0.4 is 9.80 Å². The van der Waals surface area contributed by atoms with Gasteiger partial charge in [-0.25, -0.2) is 19.9 Å². The zero-order valence-corrected chi connectivity index (χ0v) is 22.0. The van der Waals surface area contributed by atoms with Gasteiger partial charge in [0.1, 0.15) is 23.3 Å². The zero-order valence-electron chi connectivity index (χ0n) is 22.0. The third kappa shape index (κ3) is 5.87. The molecule has 0 saturated heterocycles. The molecule has 0 amide bonds. The molecule has 2 aromatic carbocycles. The molecule has 40 heavy (non-hydrogen) atoms. The fourth-order valence-electron chi connectivity index (χ4n) is 4.58. The predicted molar refractivity (Wildman–Crippen MR) is 161 cm³/mol. The molecule has 4 heterocycles. The molecule has 0 N–H and O–H groups in total. The molecule has 194 valence electrons. The van der Waals surface area contributed by atoms with Crippen LogP contribution in [0.15, 0.2) is 146 Å². The van der Waals surface area contributed by atoms with Crippen LogP contribution in [0.2, 0.25) is 0 Å². The van der Waals surface area contributed by atoms with Gasteiger partial charge in [0.25, 0.3) is 0 Å². The topological polar surface area (TPSA) is 58.0 Å². The minimum Gasteiger partial charge on any atom is -0.307 e. The lowest BCUT2D eigenvalue weighted by atomic mass is 10.0. The van der Waals surface area contributed by atoms with E-state index >= 15 is 0 Å². The third-order valence-electron chi connectivity index (χ3n) is 6.63. The summed E-state index contributed by atoms with van der Waals surface area (Å²) in [4.78, 5) is 22.5. The first-order chi connectivity index (χ1) is 19.8. The Labute approximate surface area is 234 Å². The molecule has 0 aliphatic rings. The number of pyridine rings is 4. The molecule has 0 atom stereocenters. The summed E-state index contributed by atoms with van der Waals surface area (Å²) >= 11 is 0. The van der Waals surface area contributed by atoms with Crippen LogP contribution in [0.4, 0.5) is 23.3 Å². The van der Waals surface area contributed by atoms with Gasteiger partial charge in [-0.3, -0.25) is 0 Å². The average molecular weight is 521 g/mol. The molecule has 6 aromatic rings. The standard InChI is InChI=1S/C34H28N6/c1-5-21-35-31(9-1)39(32-10-2-6-22-36-32)25-27-13-17-29(18-14-27)30-19-15-28(16-20-30)26-40(33-11-3-7-23-37-33)34-12-4-8-24-38-34/h1-24H,25-26H2. The lowest BCUT2D eigenvalue weighted by Crippen LogP contribution is -2.18. The van der Waals surface area contributed by atoms with E-state index in [1.54, 1.807) is 0 Å². The summed E-state index contributed by atoms with van der Waals surface area (Å²) in [5, 5.41) is 0. The van der Waals surface area contributed by atoms with Crippen LogP contribution in [0, 0.1) is 0 Å². The number of aromatic nitrogens is 4. The Morgan fingerprint density at radius 2 is 0.650 bits per heavy atom. The van der Waals surface area contributed by atoms with Crippen LogP contribution in [-0.2, 0) is 13.1 Å². The highest BCUT2D eigenvalue weighted by atomic mass is 15.2. The normalized spacial score (nSPS) is 10.7. The number of rotatable bonds is 9. The van der Waals surface area contributed by atoms with Gasteiger partial charge >= 0.3 is 0 Å².